The van der Waals surface area contributed by atoms with Gasteiger partial charge < -0.3 is 0 Å². The summed E-state index contributed by atoms with van der Waals surface area (Å²) in [5.74, 6) is 2.35. The molecule has 0 heterocycles. The average molecular weight is 287 g/mol. The Balaban J connectivity index is 2.51. The van der Waals surface area contributed by atoms with Crippen LogP contribution in [0.15, 0.2) is 36.4 Å². The first-order valence-corrected chi connectivity index (χ1v) is 5.76. The van der Waals surface area contributed by atoms with E-state index in [-0.39, 0.29) is 5.56 Å². The summed E-state index contributed by atoms with van der Waals surface area (Å²) >= 11 is 5.74. The van der Waals surface area contributed by atoms with Gasteiger partial charge in [-0.25, -0.2) is 18.6 Å². The molecule has 0 bridgehead atoms. The number of halogens is 4. The Morgan fingerprint density at radius 2 is 1.53 bits per heavy atom. The van der Waals surface area contributed by atoms with Gasteiger partial charge in [-0.3, -0.25) is 5.84 Å². The fraction of sp³-hybridized carbons (Fsp3) is 0.0769. The minimum absolute atomic E-state index is 0.341. The molecule has 100 valence electrons. The SMILES string of the molecule is NNC(c1ccc(Cl)cc1)c1c(F)cc(F)cc1F. The highest BCUT2D eigenvalue weighted by Crippen LogP contribution is 2.27. The van der Waals surface area contributed by atoms with Crippen molar-refractivity contribution in [2.24, 2.45) is 5.84 Å². The summed E-state index contributed by atoms with van der Waals surface area (Å²) in [7, 11) is 0. The van der Waals surface area contributed by atoms with Gasteiger partial charge in [0.2, 0.25) is 0 Å². The zero-order valence-electron chi connectivity index (χ0n) is 9.63. The number of hydrogen-bond acceptors (Lipinski definition) is 2. The standard InChI is InChI=1S/C13H10ClF3N2/c14-8-3-1-7(2-4-8)13(19-18)12-10(16)5-9(15)6-11(12)17/h1-6,13,19H,18H2. The van der Waals surface area contributed by atoms with Crippen LogP contribution in [0.3, 0.4) is 0 Å². The van der Waals surface area contributed by atoms with Crippen molar-refractivity contribution in [3.63, 3.8) is 0 Å². The summed E-state index contributed by atoms with van der Waals surface area (Å²) in [6.45, 7) is 0. The van der Waals surface area contributed by atoms with Crippen LogP contribution in [0.1, 0.15) is 17.2 Å². The molecule has 2 aromatic carbocycles. The van der Waals surface area contributed by atoms with Crippen LogP contribution in [0.4, 0.5) is 13.2 Å². The van der Waals surface area contributed by atoms with Crippen molar-refractivity contribution in [2.75, 3.05) is 0 Å². The minimum Gasteiger partial charge on any atom is -0.271 e. The fourth-order valence-electron chi connectivity index (χ4n) is 1.83. The van der Waals surface area contributed by atoms with E-state index in [9.17, 15) is 13.2 Å². The molecule has 1 unspecified atom stereocenters. The van der Waals surface area contributed by atoms with Gasteiger partial charge >= 0.3 is 0 Å². The average Bonchev–Trinajstić information content (AvgIpc) is 2.35. The molecule has 3 N–H and O–H groups in total. The van der Waals surface area contributed by atoms with E-state index in [1.165, 1.54) is 0 Å². The first-order chi connectivity index (χ1) is 9.02. The van der Waals surface area contributed by atoms with E-state index < -0.39 is 23.5 Å². The highest BCUT2D eigenvalue weighted by Gasteiger charge is 2.22. The predicted molar refractivity (Wildman–Crippen MR) is 66.9 cm³/mol. The molecule has 0 aromatic heterocycles. The Bertz CT molecular complexity index is 564. The molecule has 6 heteroatoms. The topological polar surface area (TPSA) is 38.0 Å². The van der Waals surface area contributed by atoms with Crippen molar-refractivity contribution in [3.05, 3.63) is 70.0 Å². The summed E-state index contributed by atoms with van der Waals surface area (Å²) in [5.41, 5.74) is 2.48. The van der Waals surface area contributed by atoms with Gasteiger partial charge in [-0.1, -0.05) is 23.7 Å². The molecule has 2 aromatic rings. The van der Waals surface area contributed by atoms with Crippen molar-refractivity contribution in [3.8, 4) is 0 Å². The van der Waals surface area contributed by atoms with Gasteiger partial charge in [0.1, 0.15) is 17.5 Å². The van der Waals surface area contributed by atoms with Crippen molar-refractivity contribution < 1.29 is 13.2 Å². The Labute approximate surface area is 113 Å². The Morgan fingerprint density at radius 1 is 1.00 bits per heavy atom. The maximum absolute atomic E-state index is 13.7. The molecule has 0 aliphatic rings. The lowest BCUT2D eigenvalue weighted by Gasteiger charge is -2.18. The van der Waals surface area contributed by atoms with E-state index in [2.05, 4.69) is 5.43 Å². The number of nitrogens with two attached hydrogens (primary N) is 1. The lowest BCUT2D eigenvalue weighted by molar-refractivity contribution is 0.492. The molecule has 0 aliphatic carbocycles. The van der Waals surface area contributed by atoms with Crippen LogP contribution in [0.5, 0.6) is 0 Å². The predicted octanol–water partition coefficient (Wildman–Crippen LogP) is 3.31. The molecule has 0 amide bonds. The van der Waals surface area contributed by atoms with Crippen molar-refractivity contribution >= 4 is 11.6 Å². The summed E-state index contributed by atoms with van der Waals surface area (Å²) in [4.78, 5) is 0. The first-order valence-electron chi connectivity index (χ1n) is 5.39. The molecule has 2 nitrogen and oxygen atoms in total. The minimum atomic E-state index is -1.00. The molecular weight excluding hydrogens is 277 g/mol. The van der Waals surface area contributed by atoms with Gasteiger partial charge in [0.05, 0.1) is 6.04 Å². The lowest BCUT2D eigenvalue weighted by Crippen LogP contribution is -2.30. The largest absolute Gasteiger partial charge is 0.271 e. The van der Waals surface area contributed by atoms with Crippen LogP contribution in [0, 0.1) is 17.5 Å². The first kappa shape index (κ1) is 13.9. The normalized spacial score (nSPS) is 12.5. The van der Waals surface area contributed by atoms with Gasteiger partial charge in [-0.2, -0.15) is 0 Å². The van der Waals surface area contributed by atoms with Crippen LogP contribution in [0.2, 0.25) is 5.02 Å². The lowest BCUT2D eigenvalue weighted by atomic mass is 9.98. The third-order valence-electron chi connectivity index (χ3n) is 2.70. The molecule has 0 saturated carbocycles. The monoisotopic (exact) mass is 286 g/mol. The quantitative estimate of drug-likeness (QED) is 0.671. The van der Waals surface area contributed by atoms with E-state index in [0.717, 1.165) is 0 Å². The molecule has 0 fully saturated rings. The molecular formula is C13H10ClF3N2. The van der Waals surface area contributed by atoms with Crippen molar-refractivity contribution in [1.29, 1.82) is 0 Å². The van der Waals surface area contributed by atoms with Crippen LogP contribution in [0.25, 0.3) is 0 Å². The van der Waals surface area contributed by atoms with Gasteiger partial charge in [-0.05, 0) is 17.7 Å². The van der Waals surface area contributed by atoms with Gasteiger partial charge in [0.25, 0.3) is 0 Å². The third-order valence-corrected chi connectivity index (χ3v) is 2.95. The second-order valence-electron chi connectivity index (χ2n) is 3.93. The van der Waals surface area contributed by atoms with E-state index in [0.29, 0.717) is 22.7 Å². The molecule has 0 saturated heterocycles. The summed E-state index contributed by atoms with van der Waals surface area (Å²) in [5, 5.41) is 0.486. The molecule has 19 heavy (non-hydrogen) atoms. The highest BCUT2D eigenvalue weighted by atomic mass is 35.5. The number of hydrogen-bond donors (Lipinski definition) is 2. The van der Waals surface area contributed by atoms with E-state index >= 15 is 0 Å². The van der Waals surface area contributed by atoms with Crippen LogP contribution in [-0.4, -0.2) is 0 Å². The molecule has 0 radical (unpaired) electrons. The van der Waals surface area contributed by atoms with Crippen molar-refractivity contribution in [2.45, 2.75) is 6.04 Å². The van der Waals surface area contributed by atoms with E-state index in [1.54, 1.807) is 24.3 Å². The maximum Gasteiger partial charge on any atom is 0.134 e. The number of benzene rings is 2. The summed E-state index contributed by atoms with van der Waals surface area (Å²) in [6.07, 6.45) is 0. The zero-order valence-corrected chi connectivity index (χ0v) is 10.4. The van der Waals surface area contributed by atoms with Crippen molar-refractivity contribution in [1.82, 2.24) is 5.43 Å². The second kappa shape index (κ2) is 5.61. The van der Waals surface area contributed by atoms with Crippen LogP contribution in [-0.2, 0) is 0 Å². The highest BCUT2D eigenvalue weighted by molar-refractivity contribution is 6.30. The fourth-order valence-corrected chi connectivity index (χ4v) is 1.96. The third kappa shape index (κ3) is 2.89. The van der Waals surface area contributed by atoms with Gasteiger partial charge in [0.15, 0.2) is 0 Å². The Morgan fingerprint density at radius 3 is 2.00 bits per heavy atom. The Hall–Kier alpha value is -1.56. The molecule has 0 spiro atoms. The summed E-state index contributed by atoms with van der Waals surface area (Å²) in [6, 6.07) is 6.58. The zero-order chi connectivity index (χ0) is 14.0. The Kier molecular flexibility index (Phi) is 4.09. The molecule has 0 aliphatic heterocycles. The number of nitrogens with one attached hydrogen (secondary N) is 1. The van der Waals surface area contributed by atoms with Gasteiger partial charge in [-0.15, -0.1) is 0 Å². The second-order valence-corrected chi connectivity index (χ2v) is 4.37. The summed E-state index contributed by atoms with van der Waals surface area (Å²) < 4.78 is 40.3. The molecule has 2 rings (SSSR count). The van der Waals surface area contributed by atoms with Crippen LogP contribution >= 0.6 is 11.6 Å². The maximum atomic E-state index is 13.7. The number of rotatable bonds is 3. The smallest absolute Gasteiger partial charge is 0.134 e. The van der Waals surface area contributed by atoms with E-state index in [4.69, 9.17) is 17.4 Å². The van der Waals surface area contributed by atoms with E-state index in [1.807, 2.05) is 0 Å². The van der Waals surface area contributed by atoms with Crippen LogP contribution < -0.4 is 11.3 Å². The molecule has 1 atom stereocenters. The van der Waals surface area contributed by atoms with Gasteiger partial charge in [0, 0.05) is 22.7 Å². The number of hydrazine groups is 1.